The summed E-state index contributed by atoms with van der Waals surface area (Å²) in [6.45, 7) is 8.65. The van der Waals surface area contributed by atoms with Gasteiger partial charge in [0.05, 0.1) is 0 Å². The summed E-state index contributed by atoms with van der Waals surface area (Å²) in [5.41, 5.74) is 3.44. The van der Waals surface area contributed by atoms with Crippen molar-refractivity contribution in [2.45, 2.75) is 20.3 Å². The van der Waals surface area contributed by atoms with E-state index in [0.717, 1.165) is 17.8 Å². The van der Waals surface area contributed by atoms with E-state index in [1.165, 1.54) is 5.56 Å². The van der Waals surface area contributed by atoms with Gasteiger partial charge in [-0.25, -0.2) is 0 Å². The van der Waals surface area contributed by atoms with E-state index in [1.54, 1.807) is 0 Å². The Hall–Kier alpha value is -1.57. The van der Waals surface area contributed by atoms with Crippen LogP contribution in [0.3, 0.4) is 0 Å². The van der Waals surface area contributed by atoms with Crippen LogP contribution >= 0.6 is 0 Å². The van der Waals surface area contributed by atoms with Crippen LogP contribution in [0.15, 0.2) is 30.9 Å². The number of benzene rings is 1. The van der Waals surface area contributed by atoms with E-state index in [2.05, 4.69) is 32.6 Å². The van der Waals surface area contributed by atoms with Gasteiger partial charge < -0.3 is 4.90 Å². The smallest absolute Gasteiger partial charge is 0.227 e. The van der Waals surface area contributed by atoms with Gasteiger partial charge in [-0.05, 0) is 25.5 Å². The Bertz CT molecular complexity index is 436. The van der Waals surface area contributed by atoms with Crippen molar-refractivity contribution in [1.29, 1.82) is 0 Å². The van der Waals surface area contributed by atoms with Crippen molar-refractivity contribution in [3.05, 3.63) is 42.0 Å². The highest BCUT2D eigenvalue weighted by molar-refractivity contribution is 5.96. The van der Waals surface area contributed by atoms with Crippen molar-refractivity contribution < 1.29 is 4.79 Å². The first kappa shape index (κ1) is 10.9. The zero-order chi connectivity index (χ0) is 11.7. The molecule has 0 aliphatic carbocycles. The average Bonchev–Trinajstić information content (AvgIpc) is 2.60. The summed E-state index contributed by atoms with van der Waals surface area (Å²) in [7, 11) is 0. The van der Waals surface area contributed by atoms with Crippen LogP contribution in [0.1, 0.15) is 17.5 Å². The number of aryl methyl sites for hydroxylation is 2. The third kappa shape index (κ3) is 1.87. The zero-order valence-electron chi connectivity index (χ0n) is 9.86. The molecule has 0 aromatic heterocycles. The number of carbonyl (C=O) groups is 1. The molecule has 0 spiro atoms. The number of rotatable bonds is 2. The van der Waals surface area contributed by atoms with Gasteiger partial charge in [0.25, 0.3) is 0 Å². The fourth-order valence-corrected chi connectivity index (χ4v) is 2.23. The van der Waals surface area contributed by atoms with Crippen LogP contribution in [0.5, 0.6) is 0 Å². The van der Waals surface area contributed by atoms with Gasteiger partial charge >= 0.3 is 0 Å². The van der Waals surface area contributed by atoms with Crippen molar-refractivity contribution in [3.8, 4) is 0 Å². The summed E-state index contributed by atoms with van der Waals surface area (Å²) in [5, 5.41) is 0. The van der Waals surface area contributed by atoms with Crippen molar-refractivity contribution in [2.24, 2.45) is 5.92 Å². The van der Waals surface area contributed by atoms with Crippen molar-refractivity contribution in [2.75, 3.05) is 11.4 Å². The Kier molecular flexibility index (Phi) is 2.82. The number of amides is 1. The maximum Gasteiger partial charge on any atom is 0.227 e. The monoisotopic (exact) mass is 215 g/mol. The van der Waals surface area contributed by atoms with Crippen molar-refractivity contribution in [3.63, 3.8) is 0 Å². The summed E-state index contributed by atoms with van der Waals surface area (Å²) < 4.78 is 0. The zero-order valence-corrected chi connectivity index (χ0v) is 9.86. The predicted octanol–water partition coefficient (Wildman–Crippen LogP) is 2.84. The van der Waals surface area contributed by atoms with Gasteiger partial charge in [-0.15, -0.1) is 6.58 Å². The second kappa shape index (κ2) is 4.12. The molecular weight excluding hydrogens is 198 g/mol. The van der Waals surface area contributed by atoms with Gasteiger partial charge in [-0.3, -0.25) is 4.79 Å². The number of anilines is 1. The third-order valence-corrected chi connectivity index (χ3v) is 3.13. The molecule has 1 aliphatic rings. The predicted molar refractivity (Wildman–Crippen MR) is 66.6 cm³/mol. The molecule has 1 atom stereocenters. The molecular formula is C14H17NO. The quantitative estimate of drug-likeness (QED) is 0.695. The summed E-state index contributed by atoms with van der Waals surface area (Å²) in [5.74, 6) is 0.505. The standard InChI is InChI=1S/C14H17NO/c1-4-12-8-14(16)15(9-12)13-6-5-10(2)7-11(13)3/h4-7,12H,1,8-9H2,2-3H3. The Morgan fingerprint density at radius 2 is 2.19 bits per heavy atom. The summed E-state index contributed by atoms with van der Waals surface area (Å²) in [6, 6.07) is 6.20. The van der Waals surface area contributed by atoms with Gasteiger partial charge in [0.1, 0.15) is 0 Å². The Morgan fingerprint density at radius 3 is 2.75 bits per heavy atom. The fraction of sp³-hybridized carbons (Fsp3) is 0.357. The fourth-order valence-electron chi connectivity index (χ4n) is 2.23. The van der Waals surface area contributed by atoms with Gasteiger partial charge in [0.15, 0.2) is 0 Å². The molecule has 0 N–H and O–H groups in total. The third-order valence-electron chi connectivity index (χ3n) is 3.13. The molecule has 84 valence electrons. The van der Waals surface area contributed by atoms with E-state index >= 15 is 0 Å². The minimum absolute atomic E-state index is 0.205. The molecule has 0 radical (unpaired) electrons. The number of nitrogens with zero attached hydrogens (tertiary/aromatic N) is 1. The molecule has 0 bridgehead atoms. The lowest BCUT2D eigenvalue weighted by Crippen LogP contribution is -2.25. The van der Waals surface area contributed by atoms with Crippen LogP contribution in [-0.2, 0) is 4.79 Å². The van der Waals surface area contributed by atoms with E-state index in [0.29, 0.717) is 12.3 Å². The molecule has 1 aliphatic heterocycles. The topological polar surface area (TPSA) is 20.3 Å². The first-order valence-corrected chi connectivity index (χ1v) is 5.62. The molecule has 1 amide bonds. The molecule has 16 heavy (non-hydrogen) atoms. The highest BCUT2D eigenvalue weighted by atomic mass is 16.2. The molecule has 1 aromatic rings. The van der Waals surface area contributed by atoms with E-state index < -0.39 is 0 Å². The molecule has 1 fully saturated rings. The Balaban J connectivity index is 2.31. The van der Waals surface area contributed by atoms with Gasteiger partial charge in [0.2, 0.25) is 5.91 Å². The molecule has 1 aromatic carbocycles. The number of hydrogen-bond acceptors (Lipinski definition) is 1. The minimum atomic E-state index is 0.205. The van der Waals surface area contributed by atoms with Crippen LogP contribution in [0.4, 0.5) is 5.69 Å². The largest absolute Gasteiger partial charge is 0.312 e. The molecule has 1 unspecified atom stereocenters. The normalized spacial score (nSPS) is 20.2. The number of hydrogen-bond donors (Lipinski definition) is 0. The summed E-state index contributed by atoms with van der Waals surface area (Å²) in [6.07, 6.45) is 2.47. The van der Waals surface area contributed by atoms with E-state index in [9.17, 15) is 4.79 Å². The number of carbonyl (C=O) groups excluding carboxylic acids is 1. The van der Waals surface area contributed by atoms with Gasteiger partial charge in [-0.2, -0.15) is 0 Å². The van der Waals surface area contributed by atoms with E-state index in [-0.39, 0.29) is 5.91 Å². The lowest BCUT2D eigenvalue weighted by molar-refractivity contribution is -0.117. The van der Waals surface area contributed by atoms with Gasteiger partial charge in [0, 0.05) is 24.6 Å². The minimum Gasteiger partial charge on any atom is -0.312 e. The molecule has 2 rings (SSSR count). The second-order valence-electron chi connectivity index (χ2n) is 4.49. The van der Waals surface area contributed by atoms with Crippen LogP contribution < -0.4 is 4.90 Å². The Labute approximate surface area is 96.6 Å². The van der Waals surface area contributed by atoms with Crippen LogP contribution in [0.2, 0.25) is 0 Å². The lowest BCUT2D eigenvalue weighted by atomic mass is 10.1. The Morgan fingerprint density at radius 1 is 1.44 bits per heavy atom. The summed E-state index contributed by atoms with van der Waals surface area (Å²) >= 11 is 0. The molecule has 2 nitrogen and oxygen atoms in total. The van der Waals surface area contributed by atoms with Crippen molar-refractivity contribution >= 4 is 11.6 Å². The highest BCUT2D eigenvalue weighted by Gasteiger charge is 2.29. The lowest BCUT2D eigenvalue weighted by Gasteiger charge is -2.19. The molecule has 0 saturated carbocycles. The van der Waals surface area contributed by atoms with Crippen LogP contribution in [-0.4, -0.2) is 12.5 Å². The van der Waals surface area contributed by atoms with Crippen LogP contribution in [0.25, 0.3) is 0 Å². The maximum atomic E-state index is 11.9. The summed E-state index contributed by atoms with van der Waals surface area (Å²) in [4.78, 5) is 13.7. The van der Waals surface area contributed by atoms with E-state index in [1.807, 2.05) is 17.0 Å². The average molecular weight is 215 g/mol. The first-order valence-electron chi connectivity index (χ1n) is 5.62. The second-order valence-corrected chi connectivity index (χ2v) is 4.49. The van der Waals surface area contributed by atoms with Gasteiger partial charge in [-0.1, -0.05) is 23.8 Å². The van der Waals surface area contributed by atoms with Crippen molar-refractivity contribution in [1.82, 2.24) is 0 Å². The maximum absolute atomic E-state index is 11.9. The van der Waals surface area contributed by atoms with E-state index in [4.69, 9.17) is 0 Å². The van der Waals surface area contributed by atoms with Crippen LogP contribution in [0, 0.1) is 19.8 Å². The first-order chi connectivity index (χ1) is 7.61. The molecule has 1 saturated heterocycles. The SMILES string of the molecule is C=CC1CC(=O)N(c2ccc(C)cc2C)C1. The highest BCUT2D eigenvalue weighted by Crippen LogP contribution is 2.28. The molecule has 2 heteroatoms. The molecule has 1 heterocycles.